The van der Waals surface area contributed by atoms with Crippen LogP contribution in [0.2, 0.25) is 0 Å². The Labute approximate surface area is 168 Å². The summed E-state index contributed by atoms with van der Waals surface area (Å²) in [5.74, 6) is 1.66. The summed E-state index contributed by atoms with van der Waals surface area (Å²) >= 11 is 0. The highest BCUT2D eigenvalue weighted by atomic mass is 16.5. The minimum absolute atomic E-state index is 0.445. The molecule has 0 N–H and O–H groups in total. The van der Waals surface area contributed by atoms with Gasteiger partial charge in [0.25, 0.3) is 0 Å². The summed E-state index contributed by atoms with van der Waals surface area (Å²) in [5.41, 5.74) is 4.94. The van der Waals surface area contributed by atoms with Gasteiger partial charge in [-0.15, -0.1) is 0 Å². The Kier molecular flexibility index (Phi) is 6.99. The summed E-state index contributed by atoms with van der Waals surface area (Å²) in [7, 11) is 1.73. The number of ether oxygens (including phenoxy) is 1. The molecule has 3 rings (SSSR count). The molecule has 0 aliphatic carbocycles. The zero-order chi connectivity index (χ0) is 19.9. The smallest absolute Gasteiger partial charge is 0.146 e. The topological polar surface area (TPSA) is 38.2 Å². The monoisotopic (exact) mass is 377 g/mol. The molecular formula is C24H31N3O. The van der Waals surface area contributed by atoms with E-state index in [1.807, 2.05) is 25.1 Å². The van der Waals surface area contributed by atoms with Gasteiger partial charge in [0.05, 0.1) is 5.52 Å². The fraction of sp³-hybridized carbons (Fsp3) is 0.417. The van der Waals surface area contributed by atoms with Crippen LogP contribution in [0.5, 0.6) is 0 Å². The van der Waals surface area contributed by atoms with E-state index in [0.29, 0.717) is 6.73 Å². The Hall–Kier alpha value is -2.46. The quantitative estimate of drug-likeness (QED) is 0.340. The fourth-order valence-corrected chi connectivity index (χ4v) is 3.69. The van der Waals surface area contributed by atoms with E-state index in [4.69, 9.17) is 9.72 Å². The number of aryl methyl sites for hydroxylation is 3. The van der Waals surface area contributed by atoms with Crippen molar-refractivity contribution in [2.24, 2.45) is 0 Å². The van der Waals surface area contributed by atoms with E-state index in [0.717, 1.165) is 41.1 Å². The Bertz CT molecular complexity index is 923. The van der Waals surface area contributed by atoms with Gasteiger partial charge in [0.1, 0.15) is 18.4 Å². The van der Waals surface area contributed by atoms with Crippen molar-refractivity contribution >= 4 is 22.4 Å². The third-order valence-corrected chi connectivity index (χ3v) is 5.14. The first-order valence-corrected chi connectivity index (χ1v) is 10.3. The van der Waals surface area contributed by atoms with Crippen molar-refractivity contribution in [3.05, 3.63) is 59.4 Å². The molecule has 0 bridgehead atoms. The third kappa shape index (κ3) is 4.50. The molecule has 148 valence electrons. The molecule has 0 saturated heterocycles. The molecule has 0 radical (unpaired) electrons. The van der Waals surface area contributed by atoms with Crippen LogP contribution in [0.4, 0.5) is 11.5 Å². The predicted octanol–water partition coefficient (Wildman–Crippen LogP) is 5.98. The lowest BCUT2D eigenvalue weighted by atomic mass is 9.98. The molecular weight excluding hydrogens is 346 g/mol. The molecule has 0 atom stereocenters. The second kappa shape index (κ2) is 9.65. The van der Waals surface area contributed by atoms with Crippen molar-refractivity contribution in [3.63, 3.8) is 0 Å². The van der Waals surface area contributed by atoms with Gasteiger partial charge >= 0.3 is 0 Å². The minimum Gasteiger partial charge on any atom is -0.364 e. The van der Waals surface area contributed by atoms with Crippen LogP contribution < -0.4 is 4.90 Å². The molecule has 3 aromatic rings. The molecule has 4 nitrogen and oxygen atoms in total. The predicted molar refractivity (Wildman–Crippen MR) is 117 cm³/mol. The van der Waals surface area contributed by atoms with Crippen molar-refractivity contribution in [2.45, 2.75) is 52.9 Å². The zero-order valence-electron chi connectivity index (χ0n) is 17.5. The number of methoxy groups -OCH3 is 1. The van der Waals surface area contributed by atoms with Crippen LogP contribution >= 0.6 is 0 Å². The molecule has 0 aliphatic rings. The van der Waals surface area contributed by atoms with Crippen LogP contribution in [-0.4, -0.2) is 23.8 Å². The van der Waals surface area contributed by atoms with Crippen molar-refractivity contribution in [2.75, 3.05) is 18.7 Å². The Morgan fingerprint density at radius 3 is 2.54 bits per heavy atom. The standard InChI is InChI=1S/C24H31N3O/c1-5-7-8-11-20-16-21(15-14-19(20)6-2)27(17-28-4)24-22-12-9-10-13-23(22)25-18(3)26-24/h9-10,12-16H,5-8,11,17H2,1-4H3. The summed E-state index contributed by atoms with van der Waals surface area (Å²) in [6.45, 7) is 6.87. The molecule has 0 unspecified atom stereocenters. The Morgan fingerprint density at radius 2 is 1.79 bits per heavy atom. The normalized spacial score (nSPS) is 11.1. The van der Waals surface area contributed by atoms with Crippen molar-refractivity contribution in [3.8, 4) is 0 Å². The minimum atomic E-state index is 0.445. The average Bonchev–Trinajstić information content (AvgIpc) is 2.71. The lowest BCUT2D eigenvalue weighted by molar-refractivity contribution is 0.206. The van der Waals surface area contributed by atoms with Crippen molar-refractivity contribution < 1.29 is 4.74 Å². The first-order chi connectivity index (χ1) is 13.7. The molecule has 1 heterocycles. The highest BCUT2D eigenvalue weighted by molar-refractivity contribution is 5.91. The van der Waals surface area contributed by atoms with E-state index in [1.54, 1.807) is 7.11 Å². The first kappa shape index (κ1) is 20.3. The second-order valence-electron chi connectivity index (χ2n) is 7.22. The Morgan fingerprint density at radius 1 is 0.964 bits per heavy atom. The highest BCUT2D eigenvalue weighted by Crippen LogP contribution is 2.31. The lowest BCUT2D eigenvalue weighted by Crippen LogP contribution is -2.22. The number of rotatable bonds is 9. The number of benzene rings is 2. The molecule has 1 aromatic heterocycles. The van der Waals surface area contributed by atoms with Gasteiger partial charge in [0.2, 0.25) is 0 Å². The second-order valence-corrected chi connectivity index (χ2v) is 7.22. The van der Waals surface area contributed by atoms with Gasteiger partial charge in [-0.25, -0.2) is 9.97 Å². The van der Waals surface area contributed by atoms with E-state index in [9.17, 15) is 0 Å². The number of nitrogens with zero attached hydrogens (tertiary/aromatic N) is 3. The number of hydrogen-bond acceptors (Lipinski definition) is 4. The molecule has 28 heavy (non-hydrogen) atoms. The van der Waals surface area contributed by atoms with Gasteiger partial charge in [-0.2, -0.15) is 0 Å². The van der Waals surface area contributed by atoms with E-state index < -0.39 is 0 Å². The number of para-hydroxylation sites is 1. The van der Waals surface area contributed by atoms with E-state index >= 15 is 0 Å². The van der Waals surface area contributed by atoms with E-state index in [1.165, 1.54) is 30.4 Å². The van der Waals surface area contributed by atoms with Crippen LogP contribution in [-0.2, 0) is 17.6 Å². The molecule has 0 spiro atoms. The van der Waals surface area contributed by atoms with Crippen LogP contribution in [0.25, 0.3) is 10.9 Å². The summed E-state index contributed by atoms with van der Waals surface area (Å²) < 4.78 is 5.56. The number of unbranched alkanes of at least 4 members (excludes halogenated alkanes) is 2. The number of fused-ring (bicyclic) bond motifs is 1. The van der Waals surface area contributed by atoms with Gasteiger partial charge in [-0.1, -0.05) is 44.9 Å². The van der Waals surface area contributed by atoms with Crippen LogP contribution in [0.1, 0.15) is 50.1 Å². The van der Waals surface area contributed by atoms with Gasteiger partial charge < -0.3 is 9.64 Å². The van der Waals surface area contributed by atoms with Crippen LogP contribution in [0.15, 0.2) is 42.5 Å². The summed E-state index contributed by atoms with van der Waals surface area (Å²) in [6, 6.07) is 14.9. The third-order valence-electron chi connectivity index (χ3n) is 5.14. The maximum atomic E-state index is 5.56. The number of hydrogen-bond donors (Lipinski definition) is 0. The van der Waals surface area contributed by atoms with Gasteiger partial charge in [0, 0.05) is 18.2 Å². The highest BCUT2D eigenvalue weighted by Gasteiger charge is 2.17. The summed E-state index contributed by atoms with van der Waals surface area (Å²) in [6.07, 6.45) is 5.91. The molecule has 4 heteroatoms. The number of anilines is 2. The SMILES string of the molecule is CCCCCc1cc(N(COC)c2nc(C)nc3ccccc23)ccc1CC. The molecule has 0 fully saturated rings. The maximum Gasteiger partial charge on any atom is 0.146 e. The van der Waals surface area contributed by atoms with Crippen LogP contribution in [0.3, 0.4) is 0 Å². The van der Waals surface area contributed by atoms with Gasteiger partial charge in [0.15, 0.2) is 0 Å². The van der Waals surface area contributed by atoms with Crippen molar-refractivity contribution in [1.82, 2.24) is 9.97 Å². The van der Waals surface area contributed by atoms with E-state index in [-0.39, 0.29) is 0 Å². The zero-order valence-corrected chi connectivity index (χ0v) is 17.5. The van der Waals surface area contributed by atoms with Crippen molar-refractivity contribution in [1.29, 1.82) is 0 Å². The van der Waals surface area contributed by atoms with Crippen LogP contribution in [0, 0.1) is 6.92 Å². The van der Waals surface area contributed by atoms with Gasteiger partial charge in [-0.05, 0) is 61.6 Å². The maximum absolute atomic E-state index is 5.56. The molecule has 2 aromatic carbocycles. The largest absolute Gasteiger partial charge is 0.364 e. The first-order valence-electron chi connectivity index (χ1n) is 10.3. The molecule has 0 saturated carbocycles. The average molecular weight is 378 g/mol. The van der Waals surface area contributed by atoms with E-state index in [2.05, 4.69) is 48.0 Å². The van der Waals surface area contributed by atoms with Gasteiger partial charge in [-0.3, -0.25) is 0 Å². The molecule has 0 aliphatic heterocycles. The summed E-state index contributed by atoms with van der Waals surface area (Å²) in [5, 5.41) is 1.04. The molecule has 0 amide bonds. The fourth-order valence-electron chi connectivity index (χ4n) is 3.69. The lowest BCUT2D eigenvalue weighted by Gasteiger charge is -2.25. The number of aromatic nitrogens is 2. The Balaban J connectivity index is 2.07. The summed E-state index contributed by atoms with van der Waals surface area (Å²) in [4.78, 5) is 11.5.